The molecule has 0 spiro atoms. The number of aliphatic imine (C=N–C) groups is 1. The summed E-state index contributed by atoms with van der Waals surface area (Å²) in [4.78, 5) is 16.2. The summed E-state index contributed by atoms with van der Waals surface area (Å²) < 4.78 is 1.91. The maximum atomic E-state index is 11.9. The van der Waals surface area contributed by atoms with Crippen LogP contribution in [0.3, 0.4) is 0 Å². The van der Waals surface area contributed by atoms with Gasteiger partial charge in [-0.05, 0) is 41.8 Å². The van der Waals surface area contributed by atoms with Gasteiger partial charge in [0.15, 0.2) is 5.96 Å². The second-order valence-corrected chi connectivity index (χ2v) is 6.81. The quantitative estimate of drug-likeness (QED) is 0.237. The van der Waals surface area contributed by atoms with Crippen LogP contribution in [0.2, 0.25) is 0 Å². The minimum absolute atomic E-state index is 0. The molecular weight excluding hydrogens is 503 g/mol. The van der Waals surface area contributed by atoms with E-state index in [0.29, 0.717) is 25.2 Å². The number of carbonyl (C=O) groups excluding carboxylic acids is 1. The van der Waals surface area contributed by atoms with Gasteiger partial charge in [-0.1, -0.05) is 36.4 Å². The van der Waals surface area contributed by atoms with E-state index in [1.54, 1.807) is 13.2 Å². The number of guanidine groups is 1. The van der Waals surface area contributed by atoms with Gasteiger partial charge in [0.05, 0.1) is 6.54 Å². The van der Waals surface area contributed by atoms with Crippen LogP contribution in [0.5, 0.6) is 0 Å². The van der Waals surface area contributed by atoms with Gasteiger partial charge in [0.2, 0.25) is 0 Å². The van der Waals surface area contributed by atoms with Crippen molar-refractivity contribution in [3.8, 4) is 0 Å². The SMILES string of the molecule is CCNC(=O)c1ccc(CNC(=NC)NCc2ccccc2Cn2cccn2)cc1.I. The Hall–Kier alpha value is -2.88. The molecule has 8 heteroatoms. The van der Waals surface area contributed by atoms with E-state index < -0.39 is 0 Å². The standard InChI is InChI=1S/C23H28N6O.HI/c1-3-25-22(30)19-11-9-18(10-12-19)15-26-23(24-2)27-16-20-7-4-5-8-21(20)17-29-14-6-13-28-29;/h4-14H,3,15-17H2,1-2H3,(H,25,30)(H2,24,26,27);1H. The van der Waals surface area contributed by atoms with Gasteiger partial charge < -0.3 is 16.0 Å². The Bertz CT molecular complexity index is 970. The molecule has 3 rings (SSSR count). The Morgan fingerprint density at radius 3 is 2.32 bits per heavy atom. The lowest BCUT2D eigenvalue weighted by molar-refractivity contribution is 0.0956. The fourth-order valence-electron chi connectivity index (χ4n) is 3.07. The van der Waals surface area contributed by atoms with Gasteiger partial charge in [0.1, 0.15) is 0 Å². The van der Waals surface area contributed by atoms with Crippen LogP contribution < -0.4 is 16.0 Å². The number of rotatable bonds is 8. The third kappa shape index (κ3) is 7.39. The first-order valence-corrected chi connectivity index (χ1v) is 10.1. The highest BCUT2D eigenvalue weighted by Gasteiger charge is 2.06. The predicted octanol–water partition coefficient (Wildman–Crippen LogP) is 3.16. The number of benzene rings is 2. The molecule has 1 amide bonds. The third-order valence-corrected chi connectivity index (χ3v) is 4.69. The van der Waals surface area contributed by atoms with Crippen molar-refractivity contribution in [1.82, 2.24) is 25.7 Å². The zero-order chi connectivity index (χ0) is 21.2. The molecule has 7 nitrogen and oxygen atoms in total. The van der Waals surface area contributed by atoms with Gasteiger partial charge >= 0.3 is 0 Å². The zero-order valence-electron chi connectivity index (χ0n) is 17.8. The largest absolute Gasteiger partial charge is 0.352 e. The summed E-state index contributed by atoms with van der Waals surface area (Å²) in [7, 11) is 1.75. The van der Waals surface area contributed by atoms with Crippen molar-refractivity contribution < 1.29 is 4.79 Å². The zero-order valence-corrected chi connectivity index (χ0v) is 20.2. The monoisotopic (exact) mass is 532 g/mol. The smallest absolute Gasteiger partial charge is 0.251 e. The molecule has 1 heterocycles. The molecule has 3 N–H and O–H groups in total. The minimum atomic E-state index is -0.0525. The molecule has 164 valence electrons. The Morgan fingerprint density at radius 1 is 0.968 bits per heavy atom. The molecule has 0 bridgehead atoms. The van der Waals surface area contributed by atoms with E-state index in [1.165, 1.54) is 11.1 Å². The van der Waals surface area contributed by atoms with Crippen molar-refractivity contribution >= 4 is 35.8 Å². The van der Waals surface area contributed by atoms with E-state index in [9.17, 15) is 4.79 Å². The number of aromatic nitrogens is 2. The van der Waals surface area contributed by atoms with Crippen LogP contribution in [0.1, 0.15) is 34.0 Å². The molecule has 0 atom stereocenters. The molecule has 1 aromatic heterocycles. The van der Waals surface area contributed by atoms with Gasteiger partial charge in [-0.3, -0.25) is 14.5 Å². The van der Waals surface area contributed by atoms with E-state index in [0.717, 1.165) is 18.1 Å². The highest BCUT2D eigenvalue weighted by molar-refractivity contribution is 14.0. The molecule has 0 aliphatic carbocycles. The number of nitrogens with one attached hydrogen (secondary N) is 3. The highest BCUT2D eigenvalue weighted by atomic mass is 127. The number of hydrogen-bond donors (Lipinski definition) is 3. The first kappa shape index (κ1) is 24.4. The van der Waals surface area contributed by atoms with Crippen molar-refractivity contribution in [3.05, 3.63) is 89.2 Å². The Morgan fingerprint density at radius 2 is 1.68 bits per heavy atom. The summed E-state index contributed by atoms with van der Waals surface area (Å²) >= 11 is 0. The number of hydrogen-bond acceptors (Lipinski definition) is 3. The second-order valence-electron chi connectivity index (χ2n) is 6.81. The lowest BCUT2D eigenvalue weighted by Gasteiger charge is -2.14. The van der Waals surface area contributed by atoms with Crippen LogP contribution in [0.15, 0.2) is 72.0 Å². The van der Waals surface area contributed by atoms with Gasteiger partial charge in [-0.15, -0.1) is 24.0 Å². The van der Waals surface area contributed by atoms with Crippen LogP contribution >= 0.6 is 24.0 Å². The molecule has 0 radical (unpaired) electrons. The maximum Gasteiger partial charge on any atom is 0.251 e. The van der Waals surface area contributed by atoms with Crippen LogP contribution in [0, 0.1) is 0 Å². The van der Waals surface area contributed by atoms with Crippen LogP contribution in [-0.2, 0) is 19.6 Å². The summed E-state index contributed by atoms with van der Waals surface area (Å²) in [6.45, 7) is 4.53. The van der Waals surface area contributed by atoms with E-state index in [2.05, 4.69) is 38.2 Å². The van der Waals surface area contributed by atoms with Crippen molar-refractivity contribution in [2.45, 2.75) is 26.6 Å². The molecule has 0 fully saturated rings. The molecule has 0 saturated carbocycles. The van der Waals surface area contributed by atoms with Gasteiger partial charge in [-0.2, -0.15) is 5.10 Å². The molecule has 0 saturated heterocycles. The lowest BCUT2D eigenvalue weighted by atomic mass is 10.1. The van der Waals surface area contributed by atoms with Crippen LogP contribution in [0.25, 0.3) is 0 Å². The fraction of sp³-hybridized carbons (Fsp3) is 0.261. The first-order valence-electron chi connectivity index (χ1n) is 10.1. The number of carbonyl (C=O) groups is 1. The van der Waals surface area contributed by atoms with Crippen molar-refractivity contribution in [1.29, 1.82) is 0 Å². The van der Waals surface area contributed by atoms with Gasteiger partial charge in [0.25, 0.3) is 5.91 Å². The fourth-order valence-corrected chi connectivity index (χ4v) is 3.07. The Labute approximate surface area is 200 Å². The van der Waals surface area contributed by atoms with Gasteiger partial charge in [-0.25, -0.2) is 0 Å². The summed E-state index contributed by atoms with van der Waals surface area (Å²) in [5.74, 6) is 0.667. The normalized spacial score (nSPS) is 10.8. The lowest BCUT2D eigenvalue weighted by Crippen LogP contribution is -2.36. The number of nitrogens with zero attached hydrogens (tertiary/aromatic N) is 3. The molecule has 2 aromatic carbocycles. The number of halogens is 1. The Kier molecular flexibility index (Phi) is 10.0. The summed E-state index contributed by atoms with van der Waals surface area (Å²) in [6.07, 6.45) is 3.75. The predicted molar refractivity (Wildman–Crippen MR) is 135 cm³/mol. The third-order valence-electron chi connectivity index (χ3n) is 4.69. The van der Waals surface area contributed by atoms with Crippen LogP contribution in [0.4, 0.5) is 0 Å². The molecule has 0 unspecified atom stereocenters. The van der Waals surface area contributed by atoms with Crippen molar-refractivity contribution in [3.63, 3.8) is 0 Å². The number of amides is 1. The van der Waals surface area contributed by atoms with E-state index in [-0.39, 0.29) is 29.9 Å². The van der Waals surface area contributed by atoms with E-state index in [1.807, 2.05) is 60.3 Å². The average molecular weight is 532 g/mol. The highest BCUT2D eigenvalue weighted by Crippen LogP contribution is 2.10. The molecule has 0 aliphatic heterocycles. The summed E-state index contributed by atoms with van der Waals surface area (Å²) in [5.41, 5.74) is 4.15. The van der Waals surface area contributed by atoms with Crippen molar-refractivity contribution in [2.75, 3.05) is 13.6 Å². The van der Waals surface area contributed by atoms with E-state index in [4.69, 9.17) is 0 Å². The summed E-state index contributed by atoms with van der Waals surface area (Å²) in [6, 6.07) is 17.8. The van der Waals surface area contributed by atoms with Crippen molar-refractivity contribution in [2.24, 2.45) is 4.99 Å². The molecule has 31 heavy (non-hydrogen) atoms. The van der Waals surface area contributed by atoms with E-state index >= 15 is 0 Å². The maximum absolute atomic E-state index is 11.9. The average Bonchev–Trinajstić information content (AvgIpc) is 3.28. The van der Waals surface area contributed by atoms with Crippen LogP contribution in [-0.4, -0.2) is 35.2 Å². The topological polar surface area (TPSA) is 83.3 Å². The summed E-state index contributed by atoms with van der Waals surface area (Å²) in [5, 5.41) is 13.8. The Balaban J connectivity index is 0.00000341. The second kappa shape index (κ2) is 12.7. The van der Waals surface area contributed by atoms with Gasteiger partial charge in [0, 0.05) is 44.6 Å². The molecular formula is C23H29IN6O. The first-order chi connectivity index (χ1) is 14.7. The molecule has 3 aromatic rings. The minimum Gasteiger partial charge on any atom is -0.352 e. The molecule has 0 aliphatic rings.